The third-order valence-electron chi connectivity index (χ3n) is 8.22. The predicted molar refractivity (Wildman–Crippen MR) is 87.4 cm³/mol. The highest BCUT2D eigenvalue weighted by atomic mass is 16.7. The molecule has 130 valence electrons. The average molecular weight is 330 g/mol. The van der Waals surface area contributed by atoms with Crippen molar-refractivity contribution in [3.63, 3.8) is 0 Å². The average Bonchev–Trinajstić information content (AvgIpc) is 2.88. The molecule has 6 rings (SSSR count). The largest absolute Gasteiger partial charge is 0.512 e. The minimum atomic E-state index is -0.371. The molecule has 4 nitrogen and oxygen atoms in total. The van der Waals surface area contributed by atoms with Crippen molar-refractivity contribution in [3.8, 4) is 0 Å². The topological polar surface area (TPSA) is 51.2 Å². The number of allylic oxidation sites excluding steroid dienone is 3. The molecule has 1 spiro atoms. The van der Waals surface area contributed by atoms with Crippen LogP contribution >= 0.6 is 0 Å². The Morgan fingerprint density at radius 3 is 2.79 bits per heavy atom. The monoisotopic (exact) mass is 330 g/mol. The third-order valence-corrected chi connectivity index (χ3v) is 8.22. The molecule has 4 aliphatic carbocycles. The molecule has 0 aromatic carbocycles. The van der Waals surface area contributed by atoms with E-state index in [2.05, 4.69) is 19.1 Å². The van der Waals surface area contributed by atoms with Gasteiger partial charge in [0.05, 0.1) is 19.0 Å². The zero-order valence-electron chi connectivity index (χ0n) is 14.3. The van der Waals surface area contributed by atoms with Gasteiger partial charge in [0.15, 0.2) is 5.79 Å². The molecule has 5 atom stereocenters. The summed E-state index contributed by atoms with van der Waals surface area (Å²) in [5.74, 6) is 1.36. The smallest absolute Gasteiger partial charge is 0.171 e. The van der Waals surface area contributed by atoms with Gasteiger partial charge < -0.3 is 19.3 Å². The molecule has 2 saturated carbocycles. The van der Waals surface area contributed by atoms with Crippen LogP contribution in [0.1, 0.15) is 51.9 Å². The van der Waals surface area contributed by atoms with E-state index in [1.54, 1.807) is 5.57 Å². The fourth-order valence-electron chi connectivity index (χ4n) is 6.89. The van der Waals surface area contributed by atoms with Crippen molar-refractivity contribution in [3.05, 3.63) is 23.5 Å². The first-order chi connectivity index (χ1) is 11.5. The minimum Gasteiger partial charge on any atom is -0.512 e. The molecule has 2 unspecified atom stereocenters. The summed E-state index contributed by atoms with van der Waals surface area (Å²) in [5, 5.41) is 10.4. The van der Waals surface area contributed by atoms with Gasteiger partial charge in [-0.1, -0.05) is 13.0 Å². The molecule has 24 heavy (non-hydrogen) atoms. The van der Waals surface area contributed by atoms with Crippen LogP contribution in [0.2, 0.25) is 0 Å². The van der Waals surface area contributed by atoms with E-state index in [1.165, 1.54) is 6.42 Å². The van der Waals surface area contributed by atoms with Gasteiger partial charge >= 0.3 is 0 Å². The highest BCUT2D eigenvalue weighted by Crippen LogP contribution is 2.73. The Kier molecular flexibility index (Phi) is 2.45. The molecular weight excluding hydrogens is 304 g/mol. The van der Waals surface area contributed by atoms with Crippen LogP contribution < -0.4 is 0 Å². The van der Waals surface area contributed by atoms with Gasteiger partial charge in [-0.2, -0.15) is 0 Å². The second-order valence-electron chi connectivity index (χ2n) is 9.07. The van der Waals surface area contributed by atoms with Crippen LogP contribution in [0.3, 0.4) is 0 Å². The van der Waals surface area contributed by atoms with Gasteiger partial charge in [0.25, 0.3) is 0 Å². The standard InChI is InChI=1S/C20H26O4/c1-17-6-5-15-13(14(17)2-3-16(17)21)4-7-18-12-19(22-10-11-23-19)8-9-20(15,18)24-18/h3,5,13-14,21H,2,4,6-12H2,1H3/t13?,14?,17-,18-,20-/m0/s1. The maximum absolute atomic E-state index is 10.4. The molecule has 4 fully saturated rings. The van der Waals surface area contributed by atoms with Crippen molar-refractivity contribution in [2.45, 2.75) is 68.9 Å². The predicted octanol–water partition coefficient (Wildman–Crippen LogP) is 3.63. The van der Waals surface area contributed by atoms with E-state index in [0.29, 0.717) is 17.6 Å². The summed E-state index contributed by atoms with van der Waals surface area (Å²) in [5.41, 5.74) is 1.41. The summed E-state index contributed by atoms with van der Waals surface area (Å²) in [6.07, 6.45) is 11.6. The lowest BCUT2D eigenvalue weighted by Gasteiger charge is -2.49. The lowest BCUT2D eigenvalue weighted by molar-refractivity contribution is -0.185. The van der Waals surface area contributed by atoms with Crippen molar-refractivity contribution in [2.75, 3.05) is 13.2 Å². The normalized spacial score (nSPS) is 53.5. The van der Waals surface area contributed by atoms with Crippen LogP contribution in [-0.2, 0) is 14.2 Å². The Hall–Kier alpha value is -0.840. The van der Waals surface area contributed by atoms with Crippen LogP contribution in [-0.4, -0.2) is 35.3 Å². The van der Waals surface area contributed by atoms with E-state index in [9.17, 15) is 5.11 Å². The van der Waals surface area contributed by atoms with Gasteiger partial charge in [0, 0.05) is 18.3 Å². The van der Waals surface area contributed by atoms with Crippen molar-refractivity contribution < 1.29 is 19.3 Å². The van der Waals surface area contributed by atoms with Crippen molar-refractivity contribution in [1.29, 1.82) is 0 Å². The van der Waals surface area contributed by atoms with E-state index in [4.69, 9.17) is 14.2 Å². The second-order valence-corrected chi connectivity index (χ2v) is 9.07. The molecule has 0 aromatic rings. The fourth-order valence-corrected chi connectivity index (χ4v) is 6.89. The Labute approximate surface area is 142 Å². The molecule has 0 bridgehead atoms. The SMILES string of the molecule is C[C@]12CC=C3C(CC[C@]45CC6(CC[C@]34O5)OCCO6)C1CC=C2O. The zero-order valence-corrected chi connectivity index (χ0v) is 14.3. The van der Waals surface area contributed by atoms with E-state index in [1.807, 2.05) is 0 Å². The molecule has 2 aliphatic heterocycles. The lowest BCUT2D eigenvalue weighted by atomic mass is 9.54. The molecule has 2 saturated heterocycles. The highest BCUT2D eigenvalue weighted by molar-refractivity contribution is 5.44. The maximum atomic E-state index is 10.4. The van der Waals surface area contributed by atoms with E-state index < -0.39 is 0 Å². The number of aliphatic hydroxyl groups is 1. The van der Waals surface area contributed by atoms with E-state index >= 15 is 0 Å². The third kappa shape index (κ3) is 1.44. The molecule has 0 aromatic heterocycles. The Balaban J connectivity index is 1.36. The van der Waals surface area contributed by atoms with Crippen LogP contribution in [0.5, 0.6) is 0 Å². The summed E-state index contributed by atoms with van der Waals surface area (Å²) in [4.78, 5) is 0. The highest BCUT2D eigenvalue weighted by Gasteiger charge is 2.79. The van der Waals surface area contributed by atoms with Gasteiger partial charge in [0.2, 0.25) is 0 Å². The second kappa shape index (κ2) is 4.11. The Morgan fingerprint density at radius 2 is 1.96 bits per heavy atom. The first kappa shape index (κ1) is 14.3. The van der Waals surface area contributed by atoms with Crippen LogP contribution in [0.25, 0.3) is 0 Å². The number of hydrogen-bond donors (Lipinski definition) is 1. The molecule has 0 radical (unpaired) electrons. The van der Waals surface area contributed by atoms with Gasteiger partial charge in [0.1, 0.15) is 11.2 Å². The molecule has 6 aliphatic rings. The van der Waals surface area contributed by atoms with Gasteiger partial charge in [-0.05, 0) is 55.6 Å². The number of epoxide rings is 1. The summed E-state index contributed by atoms with van der Waals surface area (Å²) < 4.78 is 18.6. The molecular formula is C20H26O4. The number of hydrogen-bond acceptors (Lipinski definition) is 4. The number of rotatable bonds is 0. The molecule has 1 N–H and O–H groups in total. The summed E-state index contributed by atoms with van der Waals surface area (Å²) in [7, 11) is 0. The summed E-state index contributed by atoms with van der Waals surface area (Å²) in [6.45, 7) is 3.69. The Bertz CT molecular complexity index is 675. The van der Waals surface area contributed by atoms with Crippen LogP contribution in [0.4, 0.5) is 0 Å². The zero-order chi connectivity index (χ0) is 16.2. The molecule has 4 heteroatoms. The van der Waals surface area contributed by atoms with Gasteiger partial charge in [-0.3, -0.25) is 0 Å². The van der Waals surface area contributed by atoms with E-state index in [-0.39, 0.29) is 22.4 Å². The minimum absolute atomic E-state index is 0.0419. The molecule has 0 amide bonds. The number of aliphatic hydroxyl groups excluding tert-OH is 1. The van der Waals surface area contributed by atoms with Gasteiger partial charge in [-0.15, -0.1) is 0 Å². The number of ether oxygens (including phenoxy) is 3. The van der Waals surface area contributed by atoms with Crippen molar-refractivity contribution >= 4 is 0 Å². The summed E-state index contributed by atoms with van der Waals surface area (Å²) in [6, 6.07) is 0. The first-order valence-electron chi connectivity index (χ1n) is 9.61. The number of fused-ring (bicyclic) bond motifs is 3. The summed E-state index contributed by atoms with van der Waals surface area (Å²) >= 11 is 0. The van der Waals surface area contributed by atoms with Crippen LogP contribution in [0.15, 0.2) is 23.5 Å². The Morgan fingerprint density at radius 1 is 1.12 bits per heavy atom. The van der Waals surface area contributed by atoms with E-state index in [0.717, 1.165) is 51.7 Å². The van der Waals surface area contributed by atoms with Crippen molar-refractivity contribution in [2.24, 2.45) is 17.3 Å². The van der Waals surface area contributed by atoms with Crippen molar-refractivity contribution in [1.82, 2.24) is 0 Å². The first-order valence-corrected chi connectivity index (χ1v) is 9.61. The molecule has 2 heterocycles. The van der Waals surface area contributed by atoms with Crippen LogP contribution in [0, 0.1) is 17.3 Å². The lowest BCUT2D eigenvalue weighted by Crippen LogP contribution is -2.51. The fraction of sp³-hybridized carbons (Fsp3) is 0.800. The quantitative estimate of drug-likeness (QED) is 0.544. The maximum Gasteiger partial charge on any atom is 0.171 e. The van der Waals surface area contributed by atoms with Gasteiger partial charge in [-0.25, -0.2) is 0 Å².